The Labute approximate surface area is 223 Å². The first-order valence-electron chi connectivity index (χ1n) is 10.6. The molecule has 0 unspecified atom stereocenters. The standard InChI is InChI=1S/C15H16N5.C11H6F2N.ClH.Ir/c1-10-12(14-16-5-7-19(14)3)9-13(11(2)18-10)15-17-6-8-20(15)4;12-8-4-5-9(10(13)7-8)11-3-1-2-6-14-11;;/h5-8H,1-4H3;1-4,6-7H;1H;/q2*-1;;+3/p-1. The molecule has 0 saturated heterocycles. The first kappa shape index (κ1) is 27.3. The maximum atomic E-state index is 13.2. The van der Waals surface area contributed by atoms with Gasteiger partial charge in [-0.15, -0.1) is 18.2 Å². The summed E-state index contributed by atoms with van der Waals surface area (Å²) in [5, 5.41) is 0. The molecule has 0 saturated carbocycles. The summed E-state index contributed by atoms with van der Waals surface area (Å²) < 4.78 is 29.7. The molecule has 0 fully saturated rings. The van der Waals surface area contributed by atoms with Crippen molar-refractivity contribution in [2.45, 2.75) is 13.8 Å². The molecule has 36 heavy (non-hydrogen) atoms. The van der Waals surface area contributed by atoms with Crippen LogP contribution in [-0.4, -0.2) is 29.1 Å². The van der Waals surface area contributed by atoms with E-state index < -0.39 is 11.6 Å². The Morgan fingerprint density at radius 1 is 0.833 bits per heavy atom. The maximum absolute atomic E-state index is 13.2. The molecule has 0 bridgehead atoms. The molecule has 0 spiro atoms. The van der Waals surface area contributed by atoms with Gasteiger partial charge in [0.25, 0.3) is 0 Å². The molecular weight excluding hydrogens is 662 g/mol. The Balaban J connectivity index is 0.000000198. The van der Waals surface area contributed by atoms with Gasteiger partial charge >= 0.3 is 27.5 Å². The van der Waals surface area contributed by atoms with Crippen molar-refractivity contribution in [2.24, 2.45) is 14.1 Å². The molecule has 186 valence electrons. The van der Waals surface area contributed by atoms with Gasteiger partial charge in [0.2, 0.25) is 0 Å². The van der Waals surface area contributed by atoms with Crippen molar-refractivity contribution in [2.75, 3.05) is 0 Å². The molecule has 5 rings (SSSR count). The number of imidazole rings is 2. The number of aromatic nitrogens is 6. The SMILES string of the molecule is Cc1nc(C)c(-c2nccn2C)[c-]c1-c1nccn1C.Fc1c[c-]c(-c2ccccn2)c(F)c1.[Cl][Ir+2]. The van der Waals surface area contributed by atoms with Gasteiger partial charge in [0.15, 0.2) is 0 Å². The first-order valence-corrected chi connectivity index (χ1v) is 13.6. The minimum absolute atomic E-state index is 0.187. The number of rotatable bonds is 3. The number of pyridine rings is 2. The van der Waals surface area contributed by atoms with Crippen molar-refractivity contribution in [3.63, 3.8) is 0 Å². The van der Waals surface area contributed by atoms with Crippen molar-refractivity contribution in [1.29, 1.82) is 0 Å². The van der Waals surface area contributed by atoms with Crippen LogP contribution in [-0.2, 0) is 32.0 Å². The van der Waals surface area contributed by atoms with Gasteiger partial charge in [-0.1, -0.05) is 48.7 Å². The zero-order valence-electron chi connectivity index (χ0n) is 19.9. The van der Waals surface area contributed by atoms with Crippen LogP contribution in [0.4, 0.5) is 8.78 Å². The van der Waals surface area contributed by atoms with E-state index in [2.05, 4.69) is 41.7 Å². The summed E-state index contributed by atoms with van der Waals surface area (Å²) in [6.45, 7) is 3.96. The summed E-state index contributed by atoms with van der Waals surface area (Å²) in [4.78, 5) is 17.3. The predicted molar refractivity (Wildman–Crippen MR) is 131 cm³/mol. The molecule has 6 nitrogen and oxygen atoms in total. The molecule has 1 aromatic carbocycles. The number of nitrogens with zero attached hydrogens (tertiary/aromatic N) is 6. The van der Waals surface area contributed by atoms with Crippen LogP contribution >= 0.6 is 9.58 Å². The summed E-state index contributed by atoms with van der Waals surface area (Å²) in [6, 6.07) is 13.0. The molecule has 0 aliphatic carbocycles. The molecule has 5 aromatic rings. The normalized spacial score (nSPS) is 10.2. The number of hydrogen-bond donors (Lipinski definition) is 0. The third-order valence-corrected chi connectivity index (χ3v) is 5.18. The van der Waals surface area contributed by atoms with E-state index in [1.54, 1.807) is 36.8 Å². The number of halogens is 3. The van der Waals surface area contributed by atoms with Gasteiger partial charge in [-0.3, -0.25) is 18.7 Å². The molecule has 0 N–H and O–H groups in total. The van der Waals surface area contributed by atoms with Crippen molar-refractivity contribution < 1.29 is 26.7 Å². The fraction of sp³-hybridized carbons (Fsp3) is 0.154. The second-order valence-electron chi connectivity index (χ2n) is 7.64. The summed E-state index contributed by atoms with van der Waals surface area (Å²) >= 11 is 1.47. The van der Waals surface area contributed by atoms with Gasteiger partial charge in [-0.05, 0) is 23.1 Å². The summed E-state index contributed by atoms with van der Waals surface area (Å²) in [5.74, 6) is 0.446. The third-order valence-electron chi connectivity index (χ3n) is 5.18. The zero-order valence-corrected chi connectivity index (χ0v) is 23.1. The Morgan fingerprint density at radius 3 is 1.86 bits per heavy atom. The summed E-state index contributed by atoms with van der Waals surface area (Å²) in [5.41, 5.74) is 4.32. The van der Waals surface area contributed by atoms with E-state index in [-0.39, 0.29) is 5.56 Å². The molecule has 10 heteroatoms. The molecule has 0 amide bonds. The van der Waals surface area contributed by atoms with Crippen molar-refractivity contribution in [1.82, 2.24) is 29.1 Å². The fourth-order valence-electron chi connectivity index (χ4n) is 3.47. The van der Waals surface area contributed by atoms with Crippen LogP contribution in [0.2, 0.25) is 0 Å². The quantitative estimate of drug-likeness (QED) is 0.225. The van der Waals surface area contributed by atoms with Gasteiger partial charge in [0.1, 0.15) is 0 Å². The van der Waals surface area contributed by atoms with E-state index in [0.717, 1.165) is 46.3 Å². The van der Waals surface area contributed by atoms with Crippen LogP contribution in [0.1, 0.15) is 11.4 Å². The van der Waals surface area contributed by atoms with Gasteiger partial charge < -0.3 is 19.1 Å². The molecule has 4 heterocycles. The summed E-state index contributed by atoms with van der Waals surface area (Å²) in [6.07, 6.45) is 8.95. The molecule has 0 aliphatic rings. The van der Waals surface area contributed by atoms with Crippen LogP contribution in [0.3, 0.4) is 0 Å². The first-order chi connectivity index (χ1) is 17.3. The van der Waals surface area contributed by atoms with Crippen LogP contribution in [0.5, 0.6) is 0 Å². The van der Waals surface area contributed by atoms with Crippen molar-refractivity contribution >= 4 is 9.58 Å². The van der Waals surface area contributed by atoms with E-state index in [0.29, 0.717) is 5.69 Å². The minimum atomic E-state index is -0.649. The molecule has 0 radical (unpaired) electrons. The number of benzene rings is 1. The number of hydrogen-bond acceptors (Lipinski definition) is 4. The van der Waals surface area contributed by atoms with Gasteiger partial charge in [-0.25, -0.2) is 0 Å². The van der Waals surface area contributed by atoms with Crippen LogP contribution in [0.15, 0.2) is 61.3 Å². The second kappa shape index (κ2) is 12.6. The predicted octanol–water partition coefficient (Wildman–Crippen LogP) is 5.81. The van der Waals surface area contributed by atoms with E-state index in [4.69, 9.17) is 0 Å². The summed E-state index contributed by atoms with van der Waals surface area (Å²) in [7, 11) is 8.58. The molecule has 0 aliphatic heterocycles. The fourth-order valence-corrected chi connectivity index (χ4v) is 3.47. The van der Waals surface area contributed by atoms with Gasteiger partial charge in [-0.2, -0.15) is 0 Å². The Morgan fingerprint density at radius 2 is 1.42 bits per heavy atom. The van der Waals surface area contributed by atoms with E-state index in [1.165, 1.54) is 17.9 Å². The monoisotopic (exact) mass is 684 g/mol. The van der Waals surface area contributed by atoms with E-state index in [1.807, 2.05) is 49.5 Å². The average Bonchev–Trinajstić information content (AvgIpc) is 3.49. The Bertz CT molecular complexity index is 1370. The Kier molecular flexibility index (Phi) is 9.58. The van der Waals surface area contributed by atoms with Gasteiger partial charge in [0.05, 0.1) is 11.6 Å². The van der Waals surface area contributed by atoms with E-state index in [9.17, 15) is 8.78 Å². The van der Waals surface area contributed by atoms with Crippen LogP contribution in [0, 0.1) is 37.6 Å². The molecule has 0 atom stereocenters. The van der Waals surface area contributed by atoms with E-state index >= 15 is 0 Å². The average molecular weight is 684 g/mol. The molecule has 4 aromatic heterocycles. The second-order valence-corrected chi connectivity index (χ2v) is 7.64. The van der Waals surface area contributed by atoms with Crippen molar-refractivity contribution in [3.8, 4) is 34.0 Å². The molecular formula is C26H22ClF2IrN6. The van der Waals surface area contributed by atoms with Crippen LogP contribution in [0.25, 0.3) is 34.0 Å². The number of aryl methyl sites for hydroxylation is 4. The van der Waals surface area contributed by atoms with Crippen molar-refractivity contribution in [3.05, 3.63) is 96.5 Å². The van der Waals surface area contributed by atoms with Crippen LogP contribution < -0.4 is 0 Å². The zero-order chi connectivity index (χ0) is 26.2. The third kappa shape index (κ3) is 6.29. The Hall–Kier alpha value is -3.26. The van der Waals surface area contributed by atoms with Gasteiger partial charge in [0, 0.05) is 56.7 Å². The topological polar surface area (TPSA) is 61.4 Å².